The highest BCUT2D eigenvalue weighted by atomic mass is 35.5. The fourth-order valence-corrected chi connectivity index (χ4v) is 1.66. The van der Waals surface area contributed by atoms with Crippen LogP contribution in [0.3, 0.4) is 0 Å². The maximum atomic E-state index is 5.67. The van der Waals surface area contributed by atoms with Gasteiger partial charge in [0.25, 0.3) is 0 Å². The molecule has 1 unspecified atom stereocenters. The van der Waals surface area contributed by atoms with E-state index in [0.717, 1.165) is 17.8 Å². The lowest BCUT2D eigenvalue weighted by Crippen LogP contribution is -2.06. The first-order valence-electron chi connectivity index (χ1n) is 5.72. The van der Waals surface area contributed by atoms with Gasteiger partial charge in [-0.3, -0.25) is 4.68 Å². The van der Waals surface area contributed by atoms with Gasteiger partial charge in [0.2, 0.25) is 0 Å². The first-order chi connectivity index (χ1) is 8.22. The molecule has 0 spiro atoms. The van der Waals surface area contributed by atoms with Gasteiger partial charge in [-0.15, -0.1) is 16.7 Å². The fraction of sp³-hybridized carbons (Fsp3) is 0.545. The number of aromatic nitrogens is 5. The summed E-state index contributed by atoms with van der Waals surface area (Å²) in [4.78, 5) is 0. The summed E-state index contributed by atoms with van der Waals surface area (Å²) in [6.45, 7) is 4.93. The average Bonchev–Trinajstić information content (AvgIpc) is 2.97. The zero-order chi connectivity index (χ0) is 12.3. The van der Waals surface area contributed by atoms with Gasteiger partial charge in [-0.2, -0.15) is 5.10 Å². The highest BCUT2D eigenvalue weighted by molar-refractivity contribution is 6.16. The van der Waals surface area contributed by atoms with Crippen molar-refractivity contribution < 1.29 is 0 Å². The van der Waals surface area contributed by atoms with Crippen LogP contribution in [0.15, 0.2) is 18.5 Å². The Morgan fingerprint density at radius 2 is 2.24 bits per heavy atom. The third kappa shape index (κ3) is 2.85. The van der Waals surface area contributed by atoms with E-state index in [0.29, 0.717) is 18.5 Å². The van der Waals surface area contributed by atoms with Gasteiger partial charge in [0.15, 0.2) is 0 Å². The second kappa shape index (κ2) is 5.31. The summed E-state index contributed by atoms with van der Waals surface area (Å²) in [5.41, 5.74) is 1.77. The van der Waals surface area contributed by atoms with Gasteiger partial charge in [-0.05, 0) is 19.4 Å². The number of hydrogen-bond donors (Lipinski definition) is 0. The van der Waals surface area contributed by atoms with Crippen LogP contribution in [0.2, 0.25) is 0 Å². The van der Waals surface area contributed by atoms with Crippen molar-refractivity contribution in [1.29, 1.82) is 0 Å². The predicted octanol–water partition coefficient (Wildman–Crippen LogP) is 2.23. The molecule has 2 rings (SSSR count). The lowest BCUT2D eigenvalue weighted by atomic mass is 10.3. The molecule has 0 aliphatic carbocycles. The van der Waals surface area contributed by atoms with Gasteiger partial charge >= 0.3 is 0 Å². The van der Waals surface area contributed by atoms with Crippen LogP contribution < -0.4 is 0 Å². The monoisotopic (exact) mass is 253 g/mol. The van der Waals surface area contributed by atoms with Crippen molar-refractivity contribution in [2.45, 2.75) is 38.7 Å². The summed E-state index contributed by atoms with van der Waals surface area (Å²) in [6, 6.07) is 2.44. The van der Waals surface area contributed by atoms with E-state index in [4.69, 9.17) is 11.6 Å². The maximum Gasteiger partial charge on any atom is 0.0974 e. The van der Waals surface area contributed by atoms with Crippen molar-refractivity contribution in [2.75, 3.05) is 0 Å². The van der Waals surface area contributed by atoms with Crippen molar-refractivity contribution in [3.05, 3.63) is 29.8 Å². The van der Waals surface area contributed by atoms with E-state index >= 15 is 0 Å². The molecular formula is C11H16ClN5. The molecule has 6 heteroatoms. The highest BCUT2D eigenvalue weighted by Gasteiger charge is 2.06. The molecule has 2 aromatic heterocycles. The third-order valence-electron chi connectivity index (χ3n) is 2.75. The second-order valence-corrected chi connectivity index (χ2v) is 4.35. The van der Waals surface area contributed by atoms with Gasteiger partial charge in [0.1, 0.15) is 0 Å². The minimum absolute atomic E-state index is 0.390. The molecule has 0 N–H and O–H groups in total. The standard InChI is InChI=1S/C11H16ClN5/c1-3-9(2)17-5-4-10(14-17)7-16-8-11(6-12)13-15-16/h4-5,8-9H,3,6-7H2,1-2H3. The van der Waals surface area contributed by atoms with Crippen molar-refractivity contribution in [3.63, 3.8) is 0 Å². The van der Waals surface area contributed by atoms with Crippen LogP contribution in [0.25, 0.3) is 0 Å². The Bertz CT molecular complexity index is 476. The van der Waals surface area contributed by atoms with E-state index in [9.17, 15) is 0 Å². The molecule has 0 saturated carbocycles. The van der Waals surface area contributed by atoms with Crippen LogP contribution in [0, 0.1) is 0 Å². The largest absolute Gasteiger partial charge is 0.270 e. The maximum absolute atomic E-state index is 5.67. The fourth-order valence-electron chi connectivity index (χ4n) is 1.54. The molecule has 0 fully saturated rings. The molecule has 1 atom stereocenters. The molecule has 0 saturated heterocycles. The lowest BCUT2D eigenvalue weighted by molar-refractivity contribution is 0.470. The molecular weight excluding hydrogens is 238 g/mol. The summed E-state index contributed by atoms with van der Waals surface area (Å²) >= 11 is 5.67. The molecule has 2 heterocycles. The van der Waals surface area contributed by atoms with Crippen molar-refractivity contribution in [2.24, 2.45) is 0 Å². The van der Waals surface area contributed by atoms with Gasteiger partial charge < -0.3 is 0 Å². The normalized spacial score (nSPS) is 12.9. The summed E-state index contributed by atoms with van der Waals surface area (Å²) in [5, 5.41) is 12.4. The molecule has 0 amide bonds. The summed E-state index contributed by atoms with van der Waals surface area (Å²) in [7, 11) is 0. The zero-order valence-corrected chi connectivity index (χ0v) is 10.8. The van der Waals surface area contributed by atoms with Gasteiger partial charge in [0, 0.05) is 12.2 Å². The first-order valence-corrected chi connectivity index (χ1v) is 6.25. The number of halogens is 1. The Morgan fingerprint density at radius 3 is 2.88 bits per heavy atom. The Balaban J connectivity index is 2.06. The predicted molar refractivity (Wildman–Crippen MR) is 65.9 cm³/mol. The topological polar surface area (TPSA) is 48.5 Å². The number of hydrogen-bond acceptors (Lipinski definition) is 3. The zero-order valence-electron chi connectivity index (χ0n) is 10.0. The van der Waals surface area contributed by atoms with Crippen LogP contribution >= 0.6 is 11.6 Å². The Labute approximate surface area is 105 Å². The average molecular weight is 254 g/mol. The van der Waals surface area contributed by atoms with E-state index in [2.05, 4.69) is 29.3 Å². The van der Waals surface area contributed by atoms with Crippen LogP contribution in [0.4, 0.5) is 0 Å². The molecule has 17 heavy (non-hydrogen) atoms. The van der Waals surface area contributed by atoms with Crippen molar-refractivity contribution >= 4 is 11.6 Å². The molecule has 0 aliphatic rings. The quantitative estimate of drug-likeness (QED) is 0.768. The van der Waals surface area contributed by atoms with Crippen LogP contribution in [-0.2, 0) is 12.4 Å². The second-order valence-electron chi connectivity index (χ2n) is 4.09. The number of rotatable bonds is 5. The molecule has 0 aliphatic heterocycles. The SMILES string of the molecule is CCC(C)n1ccc(Cn2cc(CCl)nn2)n1. The Hall–Kier alpha value is -1.36. The van der Waals surface area contributed by atoms with Crippen LogP contribution in [0.5, 0.6) is 0 Å². The first kappa shape index (κ1) is 12.1. The molecule has 0 bridgehead atoms. The molecule has 0 aromatic carbocycles. The van der Waals surface area contributed by atoms with Crippen molar-refractivity contribution in [1.82, 2.24) is 24.8 Å². The van der Waals surface area contributed by atoms with E-state index < -0.39 is 0 Å². The van der Waals surface area contributed by atoms with Gasteiger partial charge in [-0.1, -0.05) is 12.1 Å². The van der Waals surface area contributed by atoms with Gasteiger partial charge in [-0.25, -0.2) is 4.68 Å². The molecule has 5 nitrogen and oxygen atoms in total. The van der Waals surface area contributed by atoms with E-state index in [1.807, 2.05) is 23.1 Å². The summed E-state index contributed by atoms with van der Waals surface area (Å²) < 4.78 is 3.73. The van der Waals surface area contributed by atoms with Crippen molar-refractivity contribution in [3.8, 4) is 0 Å². The third-order valence-corrected chi connectivity index (χ3v) is 3.03. The summed E-state index contributed by atoms with van der Waals surface area (Å²) in [5.74, 6) is 0.390. The Morgan fingerprint density at radius 1 is 1.41 bits per heavy atom. The number of nitrogens with zero attached hydrogens (tertiary/aromatic N) is 5. The smallest absolute Gasteiger partial charge is 0.0974 e. The lowest BCUT2D eigenvalue weighted by Gasteiger charge is -2.07. The molecule has 2 aromatic rings. The van der Waals surface area contributed by atoms with Gasteiger partial charge in [0.05, 0.1) is 30.0 Å². The summed E-state index contributed by atoms with van der Waals surface area (Å²) in [6.07, 6.45) is 4.92. The van der Waals surface area contributed by atoms with Crippen LogP contribution in [0.1, 0.15) is 37.7 Å². The number of alkyl halides is 1. The van der Waals surface area contributed by atoms with Crippen LogP contribution in [-0.4, -0.2) is 24.8 Å². The highest BCUT2D eigenvalue weighted by Crippen LogP contribution is 2.10. The Kier molecular flexibility index (Phi) is 3.78. The molecule has 0 radical (unpaired) electrons. The van der Waals surface area contributed by atoms with E-state index in [1.54, 1.807) is 4.68 Å². The molecule has 92 valence electrons. The van der Waals surface area contributed by atoms with E-state index in [-0.39, 0.29) is 0 Å². The van der Waals surface area contributed by atoms with E-state index in [1.165, 1.54) is 0 Å². The minimum atomic E-state index is 0.390. The minimum Gasteiger partial charge on any atom is -0.270 e.